The largest absolute Gasteiger partial charge is 0.460 e. The third-order valence-electron chi connectivity index (χ3n) is 2.86. The van der Waals surface area contributed by atoms with Crippen LogP contribution in [0, 0.1) is 0 Å². The van der Waals surface area contributed by atoms with Gasteiger partial charge >= 0.3 is 6.18 Å². The molecule has 2 rings (SSSR count). The van der Waals surface area contributed by atoms with E-state index in [9.17, 15) is 13.2 Å². The lowest BCUT2D eigenvalue weighted by Crippen LogP contribution is -2.06. The first-order valence-electron chi connectivity index (χ1n) is 6.48. The number of alkyl halides is 3. The Bertz CT molecular complexity index is 636. The summed E-state index contributed by atoms with van der Waals surface area (Å²) in [4.78, 5) is 4.11. The fraction of sp³-hybridized carbons (Fsp3) is 0.267. The van der Waals surface area contributed by atoms with Crippen LogP contribution in [0.2, 0.25) is 5.02 Å². The molecule has 0 aliphatic carbocycles. The lowest BCUT2D eigenvalue weighted by atomic mass is 10.2. The van der Waals surface area contributed by atoms with Gasteiger partial charge in [-0.15, -0.1) is 0 Å². The van der Waals surface area contributed by atoms with Crippen LogP contribution < -0.4 is 4.74 Å². The monoisotopic (exact) mass is 331 g/mol. The molecule has 0 bridgehead atoms. The Morgan fingerprint density at radius 3 is 2.77 bits per heavy atom. The Balaban J connectivity index is 2.19. The van der Waals surface area contributed by atoms with E-state index in [-0.39, 0.29) is 17.4 Å². The highest BCUT2D eigenvalue weighted by Crippen LogP contribution is 2.37. The molecular weight excluding hydrogens is 319 g/mol. The molecule has 1 heterocycles. The summed E-state index contributed by atoms with van der Waals surface area (Å²) in [5.74, 6) is 0.441. The van der Waals surface area contributed by atoms with Crippen molar-refractivity contribution in [2.24, 2.45) is 4.99 Å². The molecule has 1 aromatic carbocycles. The van der Waals surface area contributed by atoms with Crippen molar-refractivity contribution in [2.75, 3.05) is 6.61 Å². The van der Waals surface area contributed by atoms with Crippen LogP contribution in [-0.2, 0) is 6.18 Å². The smallest absolute Gasteiger partial charge is 0.417 e. The number of aliphatic hydroxyl groups is 1. The van der Waals surface area contributed by atoms with Crippen LogP contribution in [0.15, 0.2) is 47.3 Å². The molecule has 118 valence electrons. The molecule has 0 unspecified atom stereocenters. The fourth-order valence-electron chi connectivity index (χ4n) is 1.83. The third kappa shape index (κ3) is 4.35. The van der Waals surface area contributed by atoms with Gasteiger partial charge < -0.3 is 9.84 Å². The van der Waals surface area contributed by atoms with E-state index in [4.69, 9.17) is 21.4 Å². The van der Waals surface area contributed by atoms with Crippen molar-refractivity contribution in [3.8, 4) is 5.75 Å². The van der Waals surface area contributed by atoms with Crippen LogP contribution in [0.5, 0.6) is 5.75 Å². The number of allylic oxidation sites excluding steroid dienone is 2. The number of rotatable bonds is 4. The maximum atomic E-state index is 12.8. The Morgan fingerprint density at radius 2 is 2.09 bits per heavy atom. The van der Waals surface area contributed by atoms with Gasteiger partial charge in [-0.3, -0.25) is 4.99 Å². The Morgan fingerprint density at radius 1 is 1.32 bits per heavy atom. The summed E-state index contributed by atoms with van der Waals surface area (Å²) in [5, 5.41) is 8.48. The molecule has 0 saturated heterocycles. The normalized spacial score (nSPS) is 15.1. The summed E-state index contributed by atoms with van der Waals surface area (Å²) in [6.45, 7) is -0.0284. The Kier molecular flexibility index (Phi) is 5.26. The maximum absolute atomic E-state index is 12.8. The lowest BCUT2D eigenvalue weighted by Gasteiger charge is -2.12. The molecule has 1 N–H and O–H groups in total. The molecule has 1 aliphatic rings. The standard InChI is InChI=1S/C15H13ClF3NO2/c16-14-5-4-11(8-13(14)15(17,18)19)22-12-3-1-2-10(6-7-21)20-9-12/h1-2,4-5,8-9,21H,3,6-7H2. The predicted octanol–water partition coefficient (Wildman–Crippen LogP) is 4.36. The second kappa shape index (κ2) is 6.98. The highest BCUT2D eigenvalue weighted by Gasteiger charge is 2.33. The minimum atomic E-state index is -4.54. The second-order valence-corrected chi connectivity index (χ2v) is 4.94. The number of hydrogen-bond acceptors (Lipinski definition) is 3. The summed E-state index contributed by atoms with van der Waals surface area (Å²) < 4.78 is 43.8. The van der Waals surface area contributed by atoms with Crippen molar-refractivity contribution < 1.29 is 23.0 Å². The van der Waals surface area contributed by atoms with Gasteiger partial charge in [0.15, 0.2) is 0 Å². The highest BCUT2D eigenvalue weighted by atomic mass is 35.5. The average Bonchev–Trinajstić information content (AvgIpc) is 2.66. The van der Waals surface area contributed by atoms with Crippen molar-refractivity contribution in [3.63, 3.8) is 0 Å². The van der Waals surface area contributed by atoms with Gasteiger partial charge in [-0.05, 0) is 24.3 Å². The molecule has 0 fully saturated rings. The minimum Gasteiger partial charge on any atom is -0.460 e. The molecule has 3 nitrogen and oxygen atoms in total. The van der Waals surface area contributed by atoms with Gasteiger partial charge in [0.1, 0.15) is 11.5 Å². The van der Waals surface area contributed by atoms with E-state index >= 15 is 0 Å². The summed E-state index contributed by atoms with van der Waals surface area (Å²) >= 11 is 5.56. The van der Waals surface area contributed by atoms with Gasteiger partial charge in [0, 0.05) is 25.2 Å². The number of nitrogens with zero attached hydrogens (tertiary/aromatic N) is 1. The quantitative estimate of drug-likeness (QED) is 0.890. The number of hydrogen-bond donors (Lipinski definition) is 1. The molecule has 0 amide bonds. The first-order chi connectivity index (χ1) is 10.4. The SMILES string of the molecule is OCCC1=NC=C(Oc2ccc(Cl)c(C(F)(F)F)c2)CC=C1. The minimum absolute atomic E-state index is 0.0284. The van der Waals surface area contributed by atoms with Gasteiger partial charge in [-0.2, -0.15) is 13.2 Å². The van der Waals surface area contributed by atoms with Gasteiger partial charge in [-0.25, -0.2) is 0 Å². The highest BCUT2D eigenvalue weighted by molar-refractivity contribution is 6.31. The van der Waals surface area contributed by atoms with Gasteiger partial charge in [-0.1, -0.05) is 17.7 Å². The Labute approximate surface area is 130 Å². The van der Waals surface area contributed by atoms with Crippen molar-refractivity contribution in [1.82, 2.24) is 0 Å². The topological polar surface area (TPSA) is 41.8 Å². The number of aliphatic hydroxyl groups excluding tert-OH is 1. The Hall–Kier alpha value is -1.79. The number of benzene rings is 1. The van der Waals surface area contributed by atoms with Gasteiger partial charge in [0.2, 0.25) is 0 Å². The van der Waals surface area contributed by atoms with Crippen molar-refractivity contribution >= 4 is 17.3 Å². The predicted molar refractivity (Wildman–Crippen MR) is 78.1 cm³/mol. The zero-order valence-corrected chi connectivity index (χ0v) is 12.2. The molecule has 0 atom stereocenters. The van der Waals surface area contributed by atoms with Crippen LogP contribution >= 0.6 is 11.6 Å². The molecule has 22 heavy (non-hydrogen) atoms. The van der Waals surface area contributed by atoms with Crippen LogP contribution in [0.3, 0.4) is 0 Å². The third-order valence-corrected chi connectivity index (χ3v) is 3.19. The summed E-state index contributed by atoms with van der Waals surface area (Å²) in [6.07, 6.45) is 1.20. The molecule has 0 aromatic heterocycles. The van der Waals surface area contributed by atoms with E-state index in [0.29, 0.717) is 24.3 Å². The summed E-state index contributed by atoms with van der Waals surface area (Å²) in [5.41, 5.74) is -0.269. The molecule has 0 radical (unpaired) electrons. The second-order valence-electron chi connectivity index (χ2n) is 4.54. The molecule has 0 saturated carbocycles. The van der Waals surface area contributed by atoms with Crippen LogP contribution in [0.4, 0.5) is 13.2 Å². The first-order valence-corrected chi connectivity index (χ1v) is 6.85. The van der Waals surface area contributed by atoms with Crippen molar-refractivity contribution in [1.29, 1.82) is 0 Å². The van der Waals surface area contributed by atoms with Crippen molar-refractivity contribution in [2.45, 2.75) is 19.0 Å². The number of halogens is 4. The van der Waals surface area contributed by atoms with E-state index in [1.54, 1.807) is 12.2 Å². The zero-order chi connectivity index (χ0) is 16.2. The molecular formula is C15H13ClF3NO2. The van der Waals surface area contributed by atoms with Crippen LogP contribution in [-0.4, -0.2) is 17.4 Å². The van der Waals surface area contributed by atoms with Gasteiger partial charge in [0.05, 0.1) is 16.8 Å². The molecule has 7 heteroatoms. The fourth-order valence-corrected chi connectivity index (χ4v) is 2.05. The van der Waals surface area contributed by atoms with E-state index in [1.165, 1.54) is 12.3 Å². The number of aliphatic imine (C=N–C) groups is 1. The average molecular weight is 332 g/mol. The summed E-state index contributed by atoms with van der Waals surface area (Å²) in [7, 11) is 0. The van der Waals surface area contributed by atoms with Crippen LogP contribution in [0.1, 0.15) is 18.4 Å². The summed E-state index contributed by atoms with van der Waals surface area (Å²) in [6, 6.07) is 3.37. The van der Waals surface area contributed by atoms with E-state index in [0.717, 1.165) is 12.1 Å². The molecule has 1 aromatic rings. The van der Waals surface area contributed by atoms with E-state index < -0.39 is 11.7 Å². The van der Waals surface area contributed by atoms with Crippen LogP contribution in [0.25, 0.3) is 0 Å². The van der Waals surface area contributed by atoms with E-state index in [2.05, 4.69) is 4.99 Å². The first kappa shape index (κ1) is 16.6. The van der Waals surface area contributed by atoms with E-state index in [1.807, 2.05) is 0 Å². The number of ether oxygens (including phenoxy) is 1. The maximum Gasteiger partial charge on any atom is 0.417 e. The zero-order valence-electron chi connectivity index (χ0n) is 11.4. The molecule has 0 spiro atoms. The molecule has 1 aliphatic heterocycles. The van der Waals surface area contributed by atoms with Crippen molar-refractivity contribution in [3.05, 3.63) is 52.9 Å². The lowest BCUT2D eigenvalue weighted by molar-refractivity contribution is -0.137. The van der Waals surface area contributed by atoms with Gasteiger partial charge in [0.25, 0.3) is 0 Å².